The van der Waals surface area contributed by atoms with Gasteiger partial charge in [-0.1, -0.05) is 25.6 Å². The van der Waals surface area contributed by atoms with Crippen LogP contribution in [-0.2, 0) is 0 Å². The van der Waals surface area contributed by atoms with Gasteiger partial charge in [0.25, 0.3) is 0 Å². The Morgan fingerprint density at radius 3 is 2.68 bits per heavy atom. The van der Waals surface area contributed by atoms with Crippen LogP contribution in [-0.4, -0.2) is 16.5 Å². The third-order valence-electron chi connectivity index (χ3n) is 3.64. The second-order valence-electron chi connectivity index (χ2n) is 4.84. The van der Waals surface area contributed by atoms with E-state index in [0.717, 1.165) is 35.0 Å². The summed E-state index contributed by atoms with van der Waals surface area (Å²) in [4.78, 5) is 4.78. The average Bonchev–Trinajstić information content (AvgIpc) is 2.80. The zero-order chi connectivity index (χ0) is 14.0. The molecule has 2 rings (SSSR count). The Hall–Kier alpha value is -0.550. The molecule has 1 heterocycles. The van der Waals surface area contributed by atoms with Crippen LogP contribution in [0.15, 0.2) is 21.6 Å². The molecule has 0 saturated heterocycles. The van der Waals surface area contributed by atoms with Gasteiger partial charge in [-0.05, 0) is 53.4 Å². The number of aryl methyl sites for hydroxylation is 1. The van der Waals surface area contributed by atoms with E-state index in [2.05, 4.69) is 35.1 Å². The molecule has 1 aromatic carbocycles. The first-order chi connectivity index (χ1) is 8.99. The van der Waals surface area contributed by atoms with E-state index in [1.165, 1.54) is 6.07 Å². The topological polar surface area (TPSA) is 24.4 Å². The molecule has 0 bridgehead atoms. The van der Waals surface area contributed by atoms with Crippen LogP contribution < -0.4 is 5.32 Å². The first-order valence-corrected chi connectivity index (χ1v) is 8.23. The van der Waals surface area contributed by atoms with Crippen molar-refractivity contribution in [3.05, 3.63) is 28.0 Å². The van der Waals surface area contributed by atoms with Gasteiger partial charge < -0.3 is 5.32 Å². The summed E-state index contributed by atoms with van der Waals surface area (Å²) in [6, 6.07) is 3.30. The molecule has 0 aliphatic carbocycles. The van der Waals surface area contributed by atoms with Crippen LogP contribution in [0.5, 0.6) is 0 Å². The highest BCUT2D eigenvalue weighted by Crippen LogP contribution is 2.34. The molecule has 19 heavy (non-hydrogen) atoms. The van der Waals surface area contributed by atoms with Gasteiger partial charge in [-0.15, -0.1) is 0 Å². The second-order valence-corrected chi connectivity index (χ2v) is 6.66. The van der Waals surface area contributed by atoms with Crippen molar-refractivity contribution in [2.75, 3.05) is 11.1 Å². The van der Waals surface area contributed by atoms with Crippen molar-refractivity contribution < 1.29 is 4.39 Å². The summed E-state index contributed by atoms with van der Waals surface area (Å²) in [6.07, 6.45) is 2.07. The fraction of sp³-hybridized carbons (Fsp3) is 0.500. The molecule has 0 unspecified atom stereocenters. The van der Waals surface area contributed by atoms with Gasteiger partial charge in [0.2, 0.25) is 0 Å². The summed E-state index contributed by atoms with van der Waals surface area (Å²) in [7, 11) is 0. The van der Waals surface area contributed by atoms with Gasteiger partial charge in [0.15, 0.2) is 5.17 Å². The number of aliphatic imine (C=N–C) groups is 1. The molecule has 0 amide bonds. The van der Waals surface area contributed by atoms with E-state index in [1.54, 1.807) is 17.8 Å². The Balaban J connectivity index is 2.21. The number of hydrogen-bond donors (Lipinski definition) is 1. The van der Waals surface area contributed by atoms with Gasteiger partial charge in [-0.3, -0.25) is 4.99 Å². The number of anilines is 1. The smallest absolute Gasteiger partial charge is 0.161 e. The molecule has 1 aliphatic rings. The van der Waals surface area contributed by atoms with Gasteiger partial charge in [0, 0.05) is 11.4 Å². The van der Waals surface area contributed by atoms with E-state index in [4.69, 9.17) is 4.99 Å². The Morgan fingerprint density at radius 2 is 2.11 bits per heavy atom. The van der Waals surface area contributed by atoms with Crippen molar-refractivity contribution in [2.45, 2.75) is 39.2 Å². The van der Waals surface area contributed by atoms with Gasteiger partial charge >= 0.3 is 0 Å². The maximum Gasteiger partial charge on any atom is 0.161 e. The predicted octanol–water partition coefficient (Wildman–Crippen LogP) is 4.97. The minimum absolute atomic E-state index is 0.0504. The fourth-order valence-electron chi connectivity index (χ4n) is 2.06. The zero-order valence-corrected chi connectivity index (χ0v) is 13.8. The van der Waals surface area contributed by atoms with E-state index in [0.29, 0.717) is 4.47 Å². The van der Waals surface area contributed by atoms with Crippen molar-refractivity contribution in [3.63, 3.8) is 0 Å². The number of benzene rings is 1. The summed E-state index contributed by atoms with van der Waals surface area (Å²) in [5, 5.41) is 4.15. The summed E-state index contributed by atoms with van der Waals surface area (Å²) in [6.45, 7) is 6.29. The lowest BCUT2D eigenvalue weighted by Gasteiger charge is -2.20. The fourth-order valence-corrected chi connectivity index (χ4v) is 3.83. The normalized spacial score (nSPS) is 17.4. The third kappa shape index (κ3) is 3.14. The lowest BCUT2D eigenvalue weighted by atomic mass is 9.97. The summed E-state index contributed by atoms with van der Waals surface area (Å²) < 4.78 is 14.1. The number of nitrogens with zero attached hydrogens (tertiary/aromatic N) is 1. The van der Waals surface area contributed by atoms with Crippen LogP contribution in [0.3, 0.4) is 0 Å². The minimum Gasteiger partial charge on any atom is -0.335 e. The highest BCUT2D eigenvalue weighted by molar-refractivity contribution is 9.10. The van der Waals surface area contributed by atoms with Crippen molar-refractivity contribution >= 4 is 38.5 Å². The molecular weight excluding hydrogens is 327 g/mol. The summed E-state index contributed by atoms with van der Waals surface area (Å²) >= 11 is 4.91. The number of halogens is 2. The molecule has 0 atom stereocenters. The number of amidine groups is 1. The van der Waals surface area contributed by atoms with Crippen LogP contribution in [0.1, 0.15) is 32.3 Å². The van der Waals surface area contributed by atoms with Crippen molar-refractivity contribution in [1.29, 1.82) is 0 Å². The molecule has 0 saturated carbocycles. The summed E-state index contributed by atoms with van der Waals surface area (Å²) in [5.41, 5.74) is 1.84. The molecule has 104 valence electrons. The van der Waals surface area contributed by atoms with E-state index in [-0.39, 0.29) is 11.4 Å². The van der Waals surface area contributed by atoms with Crippen LogP contribution >= 0.6 is 27.7 Å². The molecule has 1 aromatic rings. The SMILES string of the molecule is CCC1(CC)CSC(Nc2cc(F)c(Br)cc2C)=N1. The number of nitrogens with one attached hydrogen (secondary N) is 1. The minimum atomic E-state index is -0.256. The van der Waals surface area contributed by atoms with E-state index >= 15 is 0 Å². The molecule has 0 radical (unpaired) electrons. The van der Waals surface area contributed by atoms with Crippen molar-refractivity contribution in [3.8, 4) is 0 Å². The molecule has 1 N–H and O–H groups in total. The van der Waals surface area contributed by atoms with Crippen LogP contribution in [0, 0.1) is 12.7 Å². The van der Waals surface area contributed by atoms with E-state index in [1.807, 2.05) is 6.92 Å². The molecule has 0 spiro atoms. The Kier molecular flexibility index (Phi) is 4.56. The molecule has 2 nitrogen and oxygen atoms in total. The largest absolute Gasteiger partial charge is 0.335 e. The van der Waals surface area contributed by atoms with Crippen LogP contribution in [0.4, 0.5) is 10.1 Å². The number of thioether (sulfide) groups is 1. The maximum atomic E-state index is 13.6. The van der Waals surface area contributed by atoms with Gasteiger partial charge in [0.1, 0.15) is 5.82 Å². The Bertz CT molecular complexity index is 512. The number of rotatable bonds is 3. The Morgan fingerprint density at radius 1 is 1.42 bits per heavy atom. The lowest BCUT2D eigenvalue weighted by Crippen LogP contribution is -2.24. The highest BCUT2D eigenvalue weighted by Gasteiger charge is 2.32. The molecular formula is C14H18BrFN2S. The van der Waals surface area contributed by atoms with Crippen molar-refractivity contribution in [2.24, 2.45) is 4.99 Å². The first kappa shape index (κ1) is 14.9. The molecule has 0 fully saturated rings. The third-order valence-corrected chi connectivity index (χ3v) is 5.40. The average molecular weight is 345 g/mol. The zero-order valence-electron chi connectivity index (χ0n) is 11.4. The second kappa shape index (κ2) is 5.83. The Labute approximate surface area is 126 Å². The lowest BCUT2D eigenvalue weighted by molar-refractivity contribution is 0.456. The highest BCUT2D eigenvalue weighted by atomic mass is 79.9. The molecule has 5 heteroatoms. The van der Waals surface area contributed by atoms with Gasteiger partial charge in [-0.2, -0.15) is 0 Å². The predicted molar refractivity (Wildman–Crippen MR) is 85.7 cm³/mol. The molecule has 0 aromatic heterocycles. The molecule has 1 aliphatic heterocycles. The van der Waals surface area contributed by atoms with Crippen molar-refractivity contribution in [1.82, 2.24) is 0 Å². The van der Waals surface area contributed by atoms with Crippen LogP contribution in [0.2, 0.25) is 0 Å². The number of hydrogen-bond acceptors (Lipinski definition) is 3. The van der Waals surface area contributed by atoms with Gasteiger partial charge in [-0.25, -0.2) is 4.39 Å². The quantitative estimate of drug-likeness (QED) is 0.836. The van der Waals surface area contributed by atoms with E-state index < -0.39 is 0 Å². The maximum absolute atomic E-state index is 13.6. The van der Waals surface area contributed by atoms with Crippen LogP contribution in [0.25, 0.3) is 0 Å². The first-order valence-electron chi connectivity index (χ1n) is 6.45. The standard InChI is InChI=1S/C14H18BrFN2S/c1-4-14(5-2)8-19-13(18-14)17-12-7-11(16)10(15)6-9(12)3/h6-7H,4-5,8H2,1-3H3,(H,17,18). The summed E-state index contributed by atoms with van der Waals surface area (Å²) in [5.74, 6) is 0.745. The van der Waals surface area contributed by atoms with Gasteiger partial charge in [0.05, 0.1) is 10.0 Å². The monoisotopic (exact) mass is 344 g/mol. The van der Waals surface area contributed by atoms with E-state index in [9.17, 15) is 4.39 Å².